The fraction of sp³-hybridized carbons (Fsp3) is 0.938. The molecule has 1 unspecified atom stereocenters. The van der Waals surface area contributed by atoms with Gasteiger partial charge in [-0.1, -0.05) is 4.40 Å². The average molecular weight is 281 g/mol. The van der Waals surface area contributed by atoms with Crippen LogP contribution < -0.4 is 0 Å². The van der Waals surface area contributed by atoms with Gasteiger partial charge < -0.3 is 4.55 Å². The van der Waals surface area contributed by atoms with E-state index in [-0.39, 0.29) is 4.75 Å². The molecule has 19 heavy (non-hydrogen) atoms. The van der Waals surface area contributed by atoms with Gasteiger partial charge in [0, 0.05) is 0 Å². The lowest BCUT2D eigenvalue weighted by atomic mass is 9.49. The summed E-state index contributed by atoms with van der Waals surface area (Å²) in [4.78, 5) is 0. The van der Waals surface area contributed by atoms with E-state index in [2.05, 4.69) is 4.40 Å². The van der Waals surface area contributed by atoms with Crippen molar-refractivity contribution in [1.29, 1.82) is 0 Å². The fourth-order valence-corrected chi connectivity index (χ4v) is 5.52. The molecule has 2 nitrogen and oxygen atoms in total. The molecule has 4 bridgehead atoms. The van der Waals surface area contributed by atoms with Gasteiger partial charge in [-0.05, 0) is 88.9 Å². The Morgan fingerprint density at radius 3 is 2.00 bits per heavy atom. The minimum absolute atomic E-state index is 0.224. The molecule has 108 valence electrons. The number of hydrogen-bond donors (Lipinski definition) is 0. The summed E-state index contributed by atoms with van der Waals surface area (Å²) in [5, 5.41) is 0. The third kappa shape index (κ3) is 2.87. The van der Waals surface area contributed by atoms with Crippen molar-refractivity contribution in [3.05, 3.63) is 0 Å². The van der Waals surface area contributed by atoms with Gasteiger partial charge in [0.1, 0.15) is 16.1 Å². The van der Waals surface area contributed by atoms with E-state index < -0.39 is 11.4 Å². The molecule has 4 saturated carbocycles. The largest absolute Gasteiger partial charge is 0.591 e. The Morgan fingerprint density at radius 2 is 1.58 bits per heavy atom. The first kappa shape index (κ1) is 13.9. The molecular formula is C16H27NOS. The standard InChI is InChI=1S/C16H27NOS/c1-15(2,3)19(18)17-5-4-16-9-12-6-13(10-16)8-14(7-12)11-16/h5,12-14H,4,6-11H2,1-3H3/b17-5+. The van der Waals surface area contributed by atoms with E-state index in [1.54, 1.807) is 0 Å². The molecule has 0 aromatic carbocycles. The summed E-state index contributed by atoms with van der Waals surface area (Å²) in [6, 6.07) is 0. The molecule has 3 heteroatoms. The van der Waals surface area contributed by atoms with Crippen LogP contribution in [0.25, 0.3) is 0 Å². The topological polar surface area (TPSA) is 35.4 Å². The first-order valence-corrected chi connectivity index (χ1v) is 8.91. The highest BCUT2D eigenvalue weighted by atomic mass is 32.2. The smallest absolute Gasteiger partial charge is 0.144 e. The van der Waals surface area contributed by atoms with Crippen LogP contribution in [0.4, 0.5) is 0 Å². The molecule has 0 saturated heterocycles. The Balaban J connectivity index is 1.62. The third-order valence-electron chi connectivity index (χ3n) is 5.38. The highest BCUT2D eigenvalue weighted by Gasteiger charge is 2.50. The molecule has 0 spiro atoms. The van der Waals surface area contributed by atoms with Crippen LogP contribution in [0, 0.1) is 23.2 Å². The molecule has 0 aromatic rings. The van der Waals surface area contributed by atoms with E-state index in [4.69, 9.17) is 0 Å². The second kappa shape index (κ2) is 4.77. The molecule has 0 N–H and O–H groups in total. The van der Waals surface area contributed by atoms with Gasteiger partial charge >= 0.3 is 0 Å². The molecule has 4 fully saturated rings. The fourth-order valence-electron chi connectivity index (χ4n) is 5.00. The quantitative estimate of drug-likeness (QED) is 0.566. The molecule has 0 radical (unpaired) electrons. The predicted molar refractivity (Wildman–Crippen MR) is 81.6 cm³/mol. The summed E-state index contributed by atoms with van der Waals surface area (Å²) < 4.78 is 16.1. The maximum Gasteiger partial charge on any atom is 0.144 e. The van der Waals surface area contributed by atoms with Gasteiger partial charge in [0.25, 0.3) is 0 Å². The Kier molecular flexibility index (Phi) is 3.50. The van der Waals surface area contributed by atoms with Crippen molar-refractivity contribution in [2.75, 3.05) is 0 Å². The molecular weight excluding hydrogens is 254 g/mol. The monoisotopic (exact) mass is 281 g/mol. The normalized spacial score (nSPS) is 43.1. The van der Waals surface area contributed by atoms with Crippen LogP contribution in [0.3, 0.4) is 0 Å². The van der Waals surface area contributed by atoms with Crippen molar-refractivity contribution in [3.63, 3.8) is 0 Å². The number of rotatable bonds is 3. The van der Waals surface area contributed by atoms with Crippen LogP contribution in [-0.2, 0) is 11.4 Å². The molecule has 0 amide bonds. The number of hydrogen-bond acceptors (Lipinski definition) is 2. The van der Waals surface area contributed by atoms with Crippen molar-refractivity contribution < 1.29 is 4.55 Å². The molecule has 0 heterocycles. The van der Waals surface area contributed by atoms with E-state index in [9.17, 15) is 4.55 Å². The van der Waals surface area contributed by atoms with Crippen molar-refractivity contribution in [2.24, 2.45) is 27.6 Å². The van der Waals surface area contributed by atoms with Crippen LogP contribution in [0.5, 0.6) is 0 Å². The first-order valence-electron chi connectivity index (χ1n) is 7.81. The summed E-state index contributed by atoms with van der Waals surface area (Å²) in [6.45, 7) is 5.97. The highest BCUT2D eigenvalue weighted by molar-refractivity contribution is 7.91. The van der Waals surface area contributed by atoms with Crippen molar-refractivity contribution >= 4 is 17.6 Å². The van der Waals surface area contributed by atoms with E-state index in [0.717, 1.165) is 24.2 Å². The van der Waals surface area contributed by atoms with E-state index in [1.807, 2.05) is 27.0 Å². The number of nitrogens with zero attached hydrogens (tertiary/aromatic N) is 1. The molecule has 4 aliphatic carbocycles. The SMILES string of the molecule is CC(C)(C)[S+]([O-])/N=C/CC12CC3CC(CC(C3)C1)C2. The summed E-state index contributed by atoms with van der Waals surface area (Å²) >= 11 is -1.08. The Labute approximate surface area is 120 Å². The van der Waals surface area contributed by atoms with Crippen LogP contribution in [0.2, 0.25) is 0 Å². The van der Waals surface area contributed by atoms with Crippen LogP contribution in [0.15, 0.2) is 4.40 Å². The second-order valence-electron chi connectivity index (χ2n) is 8.27. The van der Waals surface area contributed by atoms with Crippen LogP contribution in [-0.4, -0.2) is 15.5 Å². The lowest BCUT2D eigenvalue weighted by Crippen LogP contribution is -2.46. The Bertz CT molecular complexity index is 336. The van der Waals surface area contributed by atoms with E-state index >= 15 is 0 Å². The van der Waals surface area contributed by atoms with Crippen LogP contribution in [0.1, 0.15) is 65.7 Å². The summed E-state index contributed by atoms with van der Waals surface area (Å²) in [7, 11) is 0. The maximum atomic E-state index is 12.0. The van der Waals surface area contributed by atoms with Gasteiger partial charge in [-0.2, -0.15) is 0 Å². The molecule has 1 atom stereocenters. The molecule has 4 aliphatic rings. The Morgan fingerprint density at radius 1 is 1.11 bits per heavy atom. The van der Waals surface area contributed by atoms with Gasteiger partial charge in [0.2, 0.25) is 0 Å². The Hall–Kier alpha value is -0.0200. The summed E-state index contributed by atoms with van der Waals surface area (Å²) in [5.74, 6) is 2.98. The minimum atomic E-state index is -1.08. The maximum absolute atomic E-state index is 12.0. The van der Waals surface area contributed by atoms with Crippen molar-refractivity contribution in [3.8, 4) is 0 Å². The van der Waals surface area contributed by atoms with E-state index in [1.165, 1.54) is 38.5 Å². The van der Waals surface area contributed by atoms with Gasteiger partial charge in [-0.25, -0.2) is 0 Å². The second-order valence-corrected chi connectivity index (χ2v) is 10.2. The molecule has 0 aliphatic heterocycles. The average Bonchev–Trinajstić information content (AvgIpc) is 2.25. The van der Waals surface area contributed by atoms with Crippen LogP contribution >= 0.6 is 0 Å². The minimum Gasteiger partial charge on any atom is -0.591 e. The van der Waals surface area contributed by atoms with E-state index in [0.29, 0.717) is 5.41 Å². The zero-order valence-electron chi connectivity index (χ0n) is 12.5. The highest BCUT2D eigenvalue weighted by Crippen LogP contribution is 2.61. The molecule has 0 aromatic heterocycles. The summed E-state index contributed by atoms with van der Waals surface area (Å²) in [5.41, 5.74) is 0.528. The third-order valence-corrected chi connectivity index (χ3v) is 6.77. The zero-order valence-corrected chi connectivity index (χ0v) is 13.3. The van der Waals surface area contributed by atoms with Crippen molar-refractivity contribution in [2.45, 2.75) is 70.5 Å². The van der Waals surface area contributed by atoms with Gasteiger partial charge in [-0.3, -0.25) is 0 Å². The van der Waals surface area contributed by atoms with Gasteiger partial charge in [0.05, 0.1) is 6.21 Å². The van der Waals surface area contributed by atoms with Gasteiger partial charge in [0.15, 0.2) is 0 Å². The van der Waals surface area contributed by atoms with Gasteiger partial charge in [-0.15, -0.1) is 0 Å². The van der Waals surface area contributed by atoms with Crippen molar-refractivity contribution in [1.82, 2.24) is 0 Å². The predicted octanol–water partition coefficient (Wildman–Crippen LogP) is 4.13. The summed E-state index contributed by atoms with van der Waals surface area (Å²) in [6.07, 6.45) is 11.8. The first-order chi connectivity index (χ1) is 8.86. The molecule has 4 rings (SSSR count). The zero-order chi connectivity index (χ0) is 13.7. The lowest BCUT2D eigenvalue weighted by Gasteiger charge is -2.56. The lowest BCUT2D eigenvalue weighted by molar-refractivity contribution is -0.0475.